The Kier molecular flexibility index (Phi) is 6.49. The second-order valence-electron chi connectivity index (χ2n) is 6.31. The summed E-state index contributed by atoms with van der Waals surface area (Å²) in [5.74, 6) is -1.19. The lowest BCUT2D eigenvalue weighted by atomic mass is 10.1. The van der Waals surface area contributed by atoms with E-state index in [1.54, 1.807) is 36.4 Å². The molecule has 154 valence electrons. The zero-order chi connectivity index (χ0) is 21.5. The minimum atomic E-state index is -0.753. The summed E-state index contributed by atoms with van der Waals surface area (Å²) in [6.07, 6.45) is 1.37. The van der Waals surface area contributed by atoms with Crippen molar-refractivity contribution in [1.29, 1.82) is 0 Å². The second-order valence-corrected chi connectivity index (χ2v) is 6.31. The van der Waals surface area contributed by atoms with E-state index in [0.717, 1.165) is 5.56 Å². The number of ether oxygens (including phenoxy) is 2. The largest absolute Gasteiger partial charge is 0.495 e. The summed E-state index contributed by atoms with van der Waals surface area (Å²) < 4.78 is 15.4. The summed E-state index contributed by atoms with van der Waals surface area (Å²) in [6.45, 7) is 1.37. The number of rotatable bonds is 7. The van der Waals surface area contributed by atoms with Crippen LogP contribution in [0.2, 0.25) is 0 Å². The topological polar surface area (TPSA) is 107 Å². The van der Waals surface area contributed by atoms with Gasteiger partial charge in [0.15, 0.2) is 12.4 Å². The van der Waals surface area contributed by atoms with Crippen molar-refractivity contribution >= 4 is 29.2 Å². The van der Waals surface area contributed by atoms with Gasteiger partial charge in [-0.1, -0.05) is 18.2 Å². The summed E-state index contributed by atoms with van der Waals surface area (Å²) >= 11 is 0. The first kappa shape index (κ1) is 20.7. The van der Waals surface area contributed by atoms with E-state index in [2.05, 4.69) is 10.6 Å². The lowest BCUT2D eigenvalue weighted by Gasteiger charge is -2.12. The summed E-state index contributed by atoms with van der Waals surface area (Å²) in [5.41, 5.74) is 1.76. The van der Waals surface area contributed by atoms with Crippen LogP contribution in [0.3, 0.4) is 0 Å². The zero-order valence-corrected chi connectivity index (χ0v) is 16.4. The lowest BCUT2D eigenvalue weighted by molar-refractivity contribution is -0.119. The Balaban J connectivity index is 1.63. The summed E-state index contributed by atoms with van der Waals surface area (Å²) in [6, 6.07) is 14.7. The van der Waals surface area contributed by atoms with Crippen LogP contribution < -0.4 is 15.4 Å². The number of nitrogens with one attached hydrogen (secondary N) is 2. The van der Waals surface area contributed by atoms with Gasteiger partial charge in [0.1, 0.15) is 5.75 Å². The van der Waals surface area contributed by atoms with Crippen LogP contribution >= 0.6 is 0 Å². The highest BCUT2D eigenvalue weighted by atomic mass is 16.5. The molecule has 0 spiro atoms. The van der Waals surface area contributed by atoms with Crippen molar-refractivity contribution < 1.29 is 28.3 Å². The SMILES string of the molecule is COc1ccc(C)cc1NC(=O)COC(=O)c1ccccc1NC(=O)c1ccco1. The Hall–Kier alpha value is -4.07. The van der Waals surface area contributed by atoms with E-state index in [1.807, 2.05) is 13.0 Å². The quantitative estimate of drug-likeness (QED) is 0.578. The van der Waals surface area contributed by atoms with Crippen molar-refractivity contribution in [3.8, 4) is 5.75 Å². The molecule has 1 aromatic heterocycles. The van der Waals surface area contributed by atoms with E-state index in [0.29, 0.717) is 11.4 Å². The first-order chi connectivity index (χ1) is 14.5. The van der Waals surface area contributed by atoms with Crippen LogP contribution in [0.25, 0.3) is 0 Å². The first-order valence-electron chi connectivity index (χ1n) is 9.03. The number of benzene rings is 2. The highest BCUT2D eigenvalue weighted by molar-refractivity contribution is 6.07. The van der Waals surface area contributed by atoms with E-state index in [1.165, 1.54) is 25.5 Å². The van der Waals surface area contributed by atoms with Crippen molar-refractivity contribution in [3.63, 3.8) is 0 Å². The smallest absolute Gasteiger partial charge is 0.340 e. The van der Waals surface area contributed by atoms with Crippen LogP contribution in [0.15, 0.2) is 65.3 Å². The normalized spacial score (nSPS) is 10.2. The van der Waals surface area contributed by atoms with Crippen molar-refractivity contribution in [1.82, 2.24) is 0 Å². The summed E-state index contributed by atoms with van der Waals surface area (Å²) in [4.78, 5) is 36.9. The Morgan fingerprint density at radius 2 is 1.77 bits per heavy atom. The van der Waals surface area contributed by atoms with Crippen LogP contribution in [-0.2, 0) is 9.53 Å². The van der Waals surface area contributed by atoms with Crippen LogP contribution in [0.1, 0.15) is 26.5 Å². The molecular weight excluding hydrogens is 388 g/mol. The third-order valence-electron chi connectivity index (χ3n) is 4.10. The van der Waals surface area contributed by atoms with E-state index in [-0.39, 0.29) is 17.0 Å². The number of esters is 1. The third kappa shape index (κ3) is 5.05. The van der Waals surface area contributed by atoms with Gasteiger partial charge in [-0.05, 0) is 48.9 Å². The Morgan fingerprint density at radius 1 is 0.967 bits per heavy atom. The van der Waals surface area contributed by atoms with Gasteiger partial charge in [-0.25, -0.2) is 4.79 Å². The average Bonchev–Trinajstić information content (AvgIpc) is 3.28. The van der Waals surface area contributed by atoms with Crippen LogP contribution in [0, 0.1) is 6.92 Å². The van der Waals surface area contributed by atoms with Gasteiger partial charge < -0.3 is 24.5 Å². The maximum absolute atomic E-state index is 12.5. The number of carbonyl (C=O) groups excluding carboxylic acids is 3. The predicted molar refractivity (Wildman–Crippen MR) is 110 cm³/mol. The Labute approximate surface area is 172 Å². The number of para-hydroxylation sites is 1. The molecule has 3 rings (SSSR count). The van der Waals surface area contributed by atoms with Crippen LogP contribution in [-0.4, -0.2) is 31.5 Å². The summed E-state index contributed by atoms with van der Waals surface area (Å²) in [7, 11) is 1.49. The molecule has 3 aromatic rings. The first-order valence-corrected chi connectivity index (χ1v) is 9.03. The number of hydrogen-bond acceptors (Lipinski definition) is 6. The molecule has 0 aliphatic carbocycles. The number of anilines is 2. The van der Waals surface area contributed by atoms with Gasteiger partial charge in [0.2, 0.25) is 0 Å². The third-order valence-corrected chi connectivity index (χ3v) is 4.10. The number of methoxy groups -OCH3 is 1. The molecule has 2 aromatic carbocycles. The predicted octanol–water partition coefficient (Wildman–Crippen LogP) is 3.64. The maximum Gasteiger partial charge on any atom is 0.340 e. The number of hydrogen-bond donors (Lipinski definition) is 2. The van der Waals surface area contributed by atoms with Gasteiger partial charge >= 0.3 is 5.97 Å². The fourth-order valence-electron chi connectivity index (χ4n) is 2.68. The Bertz CT molecular complexity index is 1060. The molecule has 0 bridgehead atoms. The number of aryl methyl sites for hydroxylation is 1. The van der Waals surface area contributed by atoms with Gasteiger partial charge in [0.05, 0.1) is 30.3 Å². The molecule has 30 heavy (non-hydrogen) atoms. The minimum absolute atomic E-state index is 0.102. The molecule has 0 fully saturated rings. The van der Waals surface area contributed by atoms with E-state index >= 15 is 0 Å². The molecular formula is C22H20N2O6. The molecule has 0 unspecified atom stereocenters. The molecule has 0 atom stereocenters. The van der Waals surface area contributed by atoms with Crippen molar-refractivity contribution in [2.45, 2.75) is 6.92 Å². The molecule has 2 amide bonds. The number of carbonyl (C=O) groups is 3. The van der Waals surface area contributed by atoms with E-state index < -0.39 is 24.4 Å². The van der Waals surface area contributed by atoms with Crippen LogP contribution in [0.5, 0.6) is 5.75 Å². The fraction of sp³-hybridized carbons (Fsp3) is 0.136. The molecule has 0 radical (unpaired) electrons. The monoisotopic (exact) mass is 408 g/mol. The highest BCUT2D eigenvalue weighted by Gasteiger charge is 2.18. The Morgan fingerprint density at radius 3 is 2.50 bits per heavy atom. The van der Waals surface area contributed by atoms with Crippen LogP contribution in [0.4, 0.5) is 11.4 Å². The molecule has 1 heterocycles. The average molecular weight is 408 g/mol. The van der Waals surface area contributed by atoms with Gasteiger partial charge in [-0.15, -0.1) is 0 Å². The van der Waals surface area contributed by atoms with Crippen molar-refractivity contribution in [2.75, 3.05) is 24.4 Å². The van der Waals surface area contributed by atoms with Gasteiger partial charge in [-0.2, -0.15) is 0 Å². The van der Waals surface area contributed by atoms with Crippen molar-refractivity contribution in [3.05, 3.63) is 77.7 Å². The van der Waals surface area contributed by atoms with Crippen molar-refractivity contribution in [2.24, 2.45) is 0 Å². The molecule has 8 nitrogen and oxygen atoms in total. The van der Waals surface area contributed by atoms with E-state index in [9.17, 15) is 14.4 Å². The lowest BCUT2D eigenvalue weighted by Crippen LogP contribution is -2.22. The molecule has 0 saturated carbocycles. The zero-order valence-electron chi connectivity index (χ0n) is 16.4. The number of furan rings is 1. The standard InChI is InChI=1S/C22H20N2O6/c1-14-9-10-18(28-2)17(12-14)23-20(25)13-30-22(27)15-6-3-4-7-16(15)24-21(26)19-8-5-11-29-19/h3-12H,13H2,1-2H3,(H,23,25)(H,24,26). The number of amides is 2. The summed E-state index contributed by atoms with van der Waals surface area (Å²) in [5, 5.41) is 5.24. The molecule has 0 aliphatic rings. The molecule has 2 N–H and O–H groups in total. The van der Waals surface area contributed by atoms with E-state index in [4.69, 9.17) is 13.9 Å². The van der Waals surface area contributed by atoms with Gasteiger partial charge in [0.25, 0.3) is 11.8 Å². The second kappa shape index (κ2) is 9.42. The minimum Gasteiger partial charge on any atom is -0.495 e. The molecule has 0 aliphatic heterocycles. The van der Waals surface area contributed by atoms with Gasteiger partial charge in [0, 0.05) is 0 Å². The maximum atomic E-state index is 12.5. The fourth-order valence-corrected chi connectivity index (χ4v) is 2.68. The molecule has 8 heteroatoms. The molecule has 0 saturated heterocycles. The van der Waals surface area contributed by atoms with Gasteiger partial charge in [-0.3, -0.25) is 9.59 Å². The highest BCUT2D eigenvalue weighted by Crippen LogP contribution is 2.25.